The highest BCUT2D eigenvalue weighted by molar-refractivity contribution is 5.69. The van der Waals surface area contributed by atoms with Crippen molar-refractivity contribution in [3.63, 3.8) is 0 Å². The lowest BCUT2D eigenvalue weighted by molar-refractivity contribution is -0.151. The second kappa shape index (κ2) is 10.8. The van der Waals surface area contributed by atoms with Crippen LogP contribution in [0.25, 0.3) is 0 Å². The van der Waals surface area contributed by atoms with Gasteiger partial charge in [0.15, 0.2) is 0 Å². The van der Waals surface area contributed by atoms with Gasteiger partial charge in [0.25, 0.3) is 0 Å². The van der Waals surface area contributed by atoms with Gasteiger partial charge >= 0.3 is 5.97 Å². The summed E-state index contributed by atoms with van der Waals surface area (Å²) in [5.41, 5.74) is 2.22. The van der Waals surface area contributed by atoms with Gasteiger partial charge in [0.05, 0.1) is 12.4 Å². The number of benzene rings is 1. The molecular formula is C22H32N2O2. The summed E-state index contributed by atoms with van der Waals surface area (Å²) in [6.07, 6.45) is 12.6. The molecule has 26 heavy (non-hydrogen) atoms. The van der Waals surface area contributed by atoms with Crippen molar-refractivity contribution in [2.24, 2.45) is 0 Å². The molecular weight excluding hydrogens is 324 g/mol. The molecule has 0 radical (unpaired) electrons. The van der Waals surface area contributed by atoms with Gasteiger partial charge in [-0.3, -0.25) is 4.79 Å². The highest BCUT2D eigenvalue weighted by atomic mass is 16.5. The minimum atomic E-state index is -0.308. The predicted molar refractivity (Wildman–Crippen MR) is 105 cm³/mol. The Morgan fingerprint density at radius 3 is 2.46 bits per heavy atom. The maximum absolute atomic E-state index is 12.4. The largest absolute Gasteiger partial charge is 0.455 e. The van der Waals surface area contributed by atoms with Crippen LogP contribution in [0.15, 0.2) is 43.0 Å². The maximum Gasteiger partial charge on any atom is 0.306 e. The summed E-state index contributed by atoms with van der Waals surface area (Å²) in [6, 6.07) is 8.21. The van der Waals surface area contributed by atoms with Crippen molar-refractivity contribution in [2.75, 3.05) is 0 Å². The van der Waals surface area contributed by atoms with Crippen LogP contribution in [0.4, 0.5) is 0 Å². The van der Waals surface area contributed by atoms with Gasteiger partial charge in [-0.2, -0.15) is 0 Å². The predicted octanol–water partition coefficient (Wildman–Crippen LogP) is 5.79. The molecule has 0 N–H and O–H groups in total. The molecule has 2 atom stereocenters. The number of unbranched alkanes of at least 4 members (excludes halogenated alkanes) is 5. The fourth-order valence-electron chi connectivity index (χ4n) is 3.12. The van der Waals surface area contributed by atoms with Crippen molar-refractivity contribution in [1.82, 2.24) is 9.55 Å². The van der Waals surface area contributed by atoms with E-state index in [0.29, 0.717) is 6.42 Å². The van der Waals surface area contributed by atoms with Crippen molar-refractivity contribution in [3.8, 4) is 0 Å². The molecule has 0 aliphatic rings. The Morgan fingerprint density at radius 2 is 1.81 bits per heavy atom. The first-order valence-electron chi connectivity index (χ1n) is 9.85. The van der Waals surface area contributed by atoms with Gasteiger partial charge in [-0.15, -0.1) is 0 Å². The number of carbonyl (C=O) groups excluding carboxylic acids is 1. The van der Waals surface area contributed by atoms with Gasteiger partial charge < -0.3 is 9.30 Å². The molecule has 2 unspecified atom stereocenters. The highest BCUT2D eigenvalue weighted by Crippen LogP contribution is 2.30. The Kier molecular flexibility index (Phi) is 8.39. The molecule has 0 aliphatic carbocycles. The van der Waals surface area contributed by atoms with E-state index in [1.54, 1.807) is 12.5 Å². The average Bonchev–Trinajstić information content (AvgIpc) is 3.18. The molecule has 0 spiro atoms. The smallest absolute Gasteiger partial charge is 0.306 e. The topological polar surface area (TPSA) is 44.1 Å². The molecule has 0 aliphatic heterocycles. The molecule has 4 heteroatoms. The third-order valence-electron chi connectivity index (χ3n) is 4.83. The van der Waals surface area contributed by atoms with Crippen molar-refractivity contribution >= 4 is 5.97 Å². The van der Waals surface area contributed by atoms with Gasteiger partial charge in [-0.05, 0) is 25.8 Å². The third kappa shape index (κ3) is 6.32. The van der Waals surface area contributed by atoms with Crippen LogP contribution in [0.2, 0.25) is 0 Å². The monoisotopic (exact) mass is 356 g/mol. The van der Waals surface area contributed by atoms with Crippen molar-refractivity contribution < 1.29 is 9.53 Å². The molecule has 2 rings (SSSR count). The van der Waals surface area contributed by atoms with Gasteiger partial charge in [-0.25, -0.2) is 4.98 Å². The van der Waals surface area contributed by atoms with Crippen LogP contribution in [0.1, 0.15) is 82.1 Å². The molecule has 0 amide bonds. The molecule has 4 nitrogen and oxygen atoms in total. The number of aryl methyl sites for hydroxylation is 1. The molecule has 0 saturated carbocycles. The van der Waals surface area contributed by atoms with Gasteiger partial charge in [0.1, 0.15) is 6.10 Å². The van der Waals surface area contributed by atoms with Crippen LogP contribution in [-0.4, -0.2) is 15.5 Å². The van der Waals surface area contributed by atoms with Crippen LogP contribution < -0.4 is 0 Å². The van der Waals surface area contributed by atoms with Crippen LogP contribution >= 0.6 is 0 Å². The second-order valence-corrected chi connectivity index (χ2v) is 7.09. The summed E-state index contributed by atoms with van der Waals surface area (Å²) >= 11 is 0. The minimum absolute atomic E-state index is 0.00582. The number of ether oxygens (including phenoxy) is 1. The first kappa shape index (κ1) is 20.2. The van der Waals surface area contributed by atoms with Crippen LogP contribution in [0.3, 0.4) is 0 Å². The van der Waals surface area contributed by atoms with E-state index in [0.717, 1.165) is 18.4 Å². The lowest BCUT2D eigenvalue weighted by Gasteiger charge is -2.25. The van der Waals surface area contributed by atoms with Gasteiger partial charge in [0, 0.05) is 18.8 Å². The van der Waals surface area contributed by atoms with E-state index >= 15 is 0 Å². The zero-order valence-electron chi connectivity index (χ0n) is 16.4. The van der Waals surface area contributed by atoms with Gasteiger partial charge in [0.2, 0.25) is 0 Å². The molecule has 142 valence electrons. The standard InChI is InChI=1S/C22H32N2O2/c1-4-5-6-7-8-9-10-21(25)26-22(19(3)24-16-15-23-17-24)20-13-11-18(2)12-14-20/h11-17,19,22H,4-10H2,1-3H3. The fraction of sp³-hybridized carbons (Fsp3) is 0.545. The third-order valence-corrected chi connectivity index (χ3v) is 4.83. The number of carbonyl (C=O) groups is 1. The maximum atomic E-state index is 12.4. The summed E-state index contributed by atoms with van der Waals surface area (Å²) < 4.78 is 7.89. The number of hydrogen-bond acceptors (Lipinski definition) is 3. The Labute approximate surface area is 157 Å². The fourth-order valence-corrected chi connectivity index (χ4v) is 3.12. The normalized spacial score (nSPS) is 13.3. The Balaban J connectivity index is 1.95. The zero-order valence-corrected chi connectivity index (χ0v) is 16.4. The van der Waals surface area contributed by atoms with E-state index in [-0.39, 0.29) is 18.1 Å². The number of imidazole rings is 1. The molecule has 1 aromatic carbocycles. The molecule has 0 saturated heterocycles. The van der Waals surface area contributed by atoms with E-state index in [1.165, 1.54) is 31.2 Å². The van der Waals surface area contributed by atoms with E-state index in [9.17, 15) is 4.79 Å². The average molecular weight is 357 g/mol. The number of nitrogens with zero attached hydrogens (tertiary/aromatic N) is 2. The molecule has 1 aromatic heterocycles. The SMILES string of the molecule is CCCCCCCCC(=O)OC(c1ccc(C)cc1)C(C)n1ccnc1. The molecule has 2 aromatic rings. The summed E-state index contributed by atoms with van der Waals surface area (Å²) in [7, 11) is 0. The molecule has 1 heterocycles. The van der Waals surface area contributed by atoms with Gasteiger partial charge in [-0.1, -0.05) is 68.9 Å². The number of hydrogen-bond donors (Lipinski definition) is 0. The lowest BCUT2D eigenvalue weighted by Crippen LogP contribution is -2.20. The van der Waals surface area contributed by atoms with E-state index < -0.39 is 0 Å². The number of esters is 1. The summed E-state index contributed by atoms with van der Waals surface area (Å²) in [5, 5.41) is 0. The number of aromatic nitrogens is 2. The van der Waals surface area contributed by atoms with Crippen LogP contribution in [0.5, 0.6) is 0 Å². The van der Waals surface area contributed by atoms with Crippen LogP contribution in [-0.2, 0) is 9.53 Å². The Bertz CT molecular complexity index is 635. The summed E-state index contributed by atoms with van der Waals surface area (Å²) in [6.45, 7) is 6.33. The van der Waals surface area contributed by atoms with Crippen LogP contribution in [0, 0.1) is 6.92 Å². The quantitative estimate of drug-likeness (QED) is 0.378. The number of rotatable bonds is 11. The first-order chi connectivity index (χ1) is 12.6. The van der Waals surface area contributed by atoms with Crippen molar-refractivity contribution in [2.45, 2.75) is 77.9 Å². The van der Waals surface area contributed by atoms with E-state index in [2.05, 4.69) is 37.9 Å². The van der Waals surface area contributed by atoms with E-state index in [4.69, 9.17) is 4.74 Å². The molecule has 0 bridgehead atoms. The van der Waals surface area contributed by atoms with E-state index in [1.807, 2.05) is 22.9 Å². The Morgan fingerprint density at radius 1 is 1.12 bits per heavy atom. The minimum Gasteiger partial charge on any atom is -0.455 e. The Hall–Kier alpha value is -2.10. The highest BCUT2D eigenvalue weighted by Gasteiger charge is 2.24. The first-order valence-corrected chi connectivity index (χ1v) is 9.85. The lowest BCUT2D eigenvalue weighted by atomic mass is 10.0. The second-order valence-electron chi connectivity index (χ2n) is 7.09. The summed E-state index contributed by atoms with van der Waals surface area (Å²) in [5.74, 6) is -0.113. The summed E-state index contributed by atoms with van der Waals surface area (Å²) in [4.78, 5) is 16.5. The molecule has 0 fully saturated rings. The van der Waals surface area contributed by atoms with Crippen molar-refractivity contribution in [3.05, 3.63) is 54.1 Å². The zero-order chi connectivity index (χ0) is 18.8. The van der Waals surface area contributed by atoms with Crippen molar-refractivity contribution in [1.29, 1.82) is 0 Å².